The highest BCUT2D eigenvalue weighted by Gasteiger charge is 2.02. The van der Waals surface area contributed by atoms with E-state index in [0.29, 0.717) is 18.4 Å². The molecule has 1 rings (SSSR count). The summed E-state index contributed by atoms with van der Waals surface area (Å²) in [4.78, 5) is 20.1. The number of hydrogen-bond acceptors (Lipinski definition) is 3. The van der Waals surface area contributed by atoms with Gasteiger partial charge in [0.2, 0.25) is 0 Å². The number of hydrogen-bond donors (Lipinski definition) is 0. The lowest BCUT2D eigenvalue weighted by Crippen LogP contribution is -1.92. The van der Waals surface area contributed by atoms with Crippen molar-refractivity contribution in [2.45, 2.75) is 12.8 Å². The zero-order chi connectivity index (χ0) is 11.8. The number of benzene rings is 1. The van der Waals surface area contributed by atoms with Gasteiger partial charge in [0.1, 0.15) is 11.9 Å². The smallest absolute Gasteiger partial charge is 0.120 e. The molecule has 0 saturated carbocycles. The van der Waals surface area contributed by atoms with Crippen molar-refractivity contribution >= 4 is 11.9 Å². The minimum atomic E-state index is 0.368. The zero-order valence-corrected chi connectivity index (χ0v) is 8.49. The maximum atomic E-state index is 10.1. The minimum Gasteiger partial charge on any atom is -0.234 e. The van der Waals surface area contributed by atoms with Crippen LogP contribution >= 0.6 is 0 Å². The standard InChI is InChI=1S/C13H8NO2/c14-10-13-9-11(3-1-7-15)5-6-12(13)4-2-8-16/h1-2,6,9H,3-4H2. The van der Waals surface area contributed by atoms with Gasteiger partial charge in [-0.15, -0.1) is 0 Å². The molecule has 0 aliphatic rings. The quantitative estimate of drug-likeness (QED) is 0.702. The van der Waals surface area contributed by atoms with E-state index in [9.17, 15) is 9.59 Å². The van der Waals surface area contributed by atoms with Crippen LogP contribution in [0, 0.1) is 17.4 Å². The van der Waals surface area contributed by atoms with E-state index < -0.39 is 0 Å². The molecule has 0 bridgehead atoms. The minimum absolute atomic E-state index is 0.368. The van der Waals surface area contributed by atoms with Crippen LogP contribution in [-0.4, -0.2) is 11.9 Å². The van der Waals surface area contributed by atoms with Crippen molar-refractivity contribution in [2.24, 2.45) is 0 Å². The SMILES string of the molecule is N#Cc1cc(CC=C=O)[c]cc1CC=C=O. The topological polar surface area (TPSA) is 57.9 Å². The Labute approximate surface area is 93.3 Å². The fourth-order valence-corrected chi connectivity index (χ4v) is 1.26. The first kappa shape index (κ1) is 11.7. The van der Waals surface area contributed by atoms with E-state index in [0.717, 1.165) is 11.1 Å². The lowest BCUT2D eigenvalue weighted by molar-refractivity contribution is 0.567. The summed E-state index contributed by atoms with van der Waals surface area (Å²) < 4.78 is 0. The average molecular weight is 210 g/mol. The Morgan fingerprint density at radius 1 is 1.25 bits per heavy atom. The van der Waals surface area contributed by atoms with E-state index in [1.165, 1.54) is 12.2 Å². The molecule has 0 amide bonds. The number of rotatable bonds is 4. The van der Waals surface area contributed by atoms with E-state index in [4.69, 9.17) is 5.26 Å². The van der Waals surface area contributed by atoms with Crippen LogP contribution in [0.2, 0.25) is 0 Å². The molecule has 1 aromatic rings. The lowest BCUT2D eigenvalue weighted by Gasteiger charge is -2.01. The predicted molar refractivity (Wildman–Crippen MR) is 57.9 cm³/mol. The fraction of sp³-hybridized carbons (Fsp3) is 0.154. The molecule has 0 atom stereocenters. The Bertz CT molecular complexity index is 513. The molecule has 0 unspecified atom stereocenters. The van der Waals surface area contributed by atoms with Crippen LogP contribution in [0.3, 0.4) is 0 Å². The van der Waals surface area contributed by atoms with Crippen LogP contribution in [0.5, 0.6) is 0 Å². The first-order valence-electron chi connectivity index (χ1n) is 4.64. The van der Waals surface area contributed by atoms with Crippen LogP contribution in [-0.2, 0) is 22.4 Å². The molecule has 0 N–H and O–H groups in total. The number of nitriles is 1. The maximum absolute atomic E-state index is 10.1. The molecular formula is C13H8NO2. The van der Waals surface area contributed by atoms with Crippen LogP contribution in [0.15, 0.2) is 24.3 Å². The summed E-state index contributed by atoms with van der Waals surface area (Å²) >= 11 is 0. The maximum Gasteiger partial charge on any atom is 0.120 e. The van der Waals surface area contributed by atoms with Gasteiger partial charge in [-0.25, -0.2) is 9.59 Å². The Kier molecular flexibility index (Phi) is 4.50. The highest BCUT2D eigenvalue weighted by Crippen LogP contribution is 2.12. The van der Waals surface area contributed by atoms with Gasteiger partial charge in [0.15, 0.2) is 0 Å². The van der Waals surface area contributed by atoms with Crippen molar-refractivity contribution in [2.75, 3.05) is 0 Å². The van der Waals surface area contributed by atoms with Crippen molar-refractivity contribution in [3.63, 3.8) is 0 Å². The van der Waals surface area contributed by atoms with Gasteiger partial charge in [-0.05, 0) is 29.3 Å². The molecule has 77 valence electrons. The summed E-state index contributed by atoms with van der Waals surface area (Å²) in [5.74, 6) is 3.33. The molecule has 0 fully saturated rings. The monoisotopic (exact) mass is 210 g/mol. The second-order valence-corrected chi connectivity index (χ2v) is 3.06. The molecular weight excluding hydrogens is 202 g/mol. The molecule has 16 heavy (non-hydrogen) atoms. The van der Waals surface area contributed by atoms with Gasteiger partial charge in [-0.3, -0.25) is 0 Å². The van der Waals surface area contributed by atoms with Gasteiger partial charge in [-0.2, -0.15) is 5.26 Å². The summed E-state index contributed by atoms with van der Waals surface area (Å²) in [5.41, 5.74) is 1.96. The third-order valence-electron chi connectivity index (χ3n) is 2.03. The molecule has 0 aliphatic heterocycles. The first-order valence-corrected chi connectivity index (χ1v) is 4.64. The molecule has 0 aliphatic carbocycles. The third-order valence-corrected chi connectivity index (χ3v) is 2.03. The molecule has 0 heterocycles. The largest absolute Gasteiger partial charge is 0.234 e. The van der Waals surface area contributed by atoms with Crippen molar-refractivity contribution in [1.29, 1.82) is 5.26 Å². The van der Waals surface area contributed by atoms with Gasteiger partial charge in [0.05, 0.1) is 11.6 Å². The molecule has 1 aromatic carbocycles. The summed E-state index contributed by atoms with van der Waals surface area (Å²) in [6, 6.07) is 8.29. The summed E-state index contributed by atoms with van der Waals surface area (Å²) in [5, 5.41) is 8.90. The van der Waals surface area contributed by atoms with Gasteiger partial charge < -0.3 is 0 Å². The Morgan fingerprint density at radius 3 is 2.56 bits per heavy atom. The average Bonchev–Trinajstić information content (AvgIpc) is 2.34. The van der Waals surface area contributed by atoms with Crippen molar-refractivity contribution in [3.8, 4) is 6.07 Å². The van der Waals surface area contributed by atoms with Gasteiger partial charge in [0, 0.05) is 25.0 Å². The van der Waals surface area contributed by atoms with Crippen molar-refractivity contribution < 1.29 is 9.59 Å². The number of carbonyl (C=O) groups excluding carboxylic acids is 2. The highest BCUT2D eigenvalue weighted by atomic mass is 16.1. The third kappa shape index (κ3) is 3.08. The molecule has 3 heteroatoms. The molecule has 0 spiro atoms. The van der Waals surface area contributed by atoms with E-state index in [1.807, 2.05) is 6.07 Å². The van der Waals surface area contributed by atoms with Gasteiger partial charge >= 0.3 is 0 Å². The van der Waals surface area contributed by atoms with E-state index >= 15 is 0 Å². The Balaban J connectivity index is 3.02. The fourth-order valence-electron chi connectivity index (χ4n) is 1.26. The van der Waals surface area contributed by atoms with Crippen LogP contribution < -0.4 is 0 Å². The first-order chi connectivity index (χ1) is 7.81. The van der Waals surface area contributed by atoms with Crippen molar-refractivity contribution in [3.05, 3.63) is 47.0 Å². The lowest BCUT2D eigenvalue weighted by atomic mass is 10.0. The predicted octanol–water partition coefficient (Wildman–Crippen LogP) is 1.22. The number of nitrogens with zero attached hydrogens (tertiary/aromatic N) is 1. The van der Waals surface area contributed by atoms with E-state index in [-0.39, 0.29) is 0 Å². The molecule has 3 nitrogen and oxygen atoms in total. The van der Waals surface area contributed by atoms with Crippen LogP contribution in [0.25, 0.3) is 0 Å². The van der Waals surface area contributed by atoms with Gasteiger partial charge in [-0.1, -0.05) is 0 Å². The second kappa shape index (κ2) is 6.16. The summed E-state index contributed by atoms with van der Waals surface area (Å²) in [6.45, 7) is 0. The summed E-state index contributed by atoms with van der Waals surface area (Å²) in [7, 11) is 0. The van der Waals surface area contributed by atoms with Crippen LogP contribution in [0.4, 0.5) is 0 Å². The molecule has 0 aromatic heterocycles. The van der Waals surface area contributed by atoms with E-state index in [1.54, 1.807) is 24.0 Å². The summed E-state index contributed by atoms with van der Waals surface area (Å²) in [6.07, 6.45) is 3.42. The van der Waals surface area contributed by atoms with Crippen LogP contribution in [0.1, 0.15) is 16.7 Å². The highest BCUT2D eigenvalue weighted by molar-refractivity contribution is 5.50. The normalized spacial score (nSPS) is 8.44. The molecule has 1 radical (unpaired) electrons. The molecule has 0 saturated heterocycles. The number of allylic oxidation sites excluding steroid dienone is 2. The Hall–Kier alpha value is -2.39. The second-order valence-electron chi connectivity index (χ2n) is 3.06. The van der Waals surface area contributed by atoms with E-state index in [2.05, 4.69) is 6.07 Å². The zero-order valence-electron chi connectivity index (χ0n) is 8.49. The Morgan fingerprint density at radius 2 is 1.94 bits per heavy atom. The van der Waals surface area contributed by atoms with Crippen molar-refractivity contribution in [1.82, 2.24) is 0 Å². The van der Waals surface area contributed by atoms with Gasteiger partial charge in [0.25, 0.3) is 0 Å².